The van der Waals surface area contributed by atoms with Gasteiger partial charge in [0.25, 0.3) is 0 Å². The molecule has 0 aliphatic carbocycles. The molecule has 0 aliphatic heterocycles. The van der Waals surface area contributed by atoms with Gasteiger partial charge in [0.05, 0.1) is 17.2 Å². The van der Waals surface area contributed by atoms with Crippen molar-refractivity contribution in [3.63, 3.8) is 0 Å². The molecule has 52 valence electrons. The van der Waals surface area contributed by atoms with Gasteiger partial charge in [-0.1, -0.05) is 0 Å². The molecule has 0 radical (unpaired) electrons. The van der Waals surface area contributed by atoms with Crippen molar-refractivity contribution in [3.8, 4) is 6.07 Å². The Morgan fingerprint density at radius 3 is 2.33 bits per heavy atom. The average molecular weight is 166 g/mol. The molecule has 0 bridgehead atoms. The minimum Gasteiger partial charge on any atom is -0.243 e. The molecular weight excluding hydrogens is 158 g/mol. The second kappa shape index (κ2) is 3.19. The Labute approximate surface area is 61.8 Å². The van der Waals surface area contributed by atoms with Crippen LogP contribution < -0.4 is 0 Å². The smallest absolute Gasteiger partial charge is 0.116 e. The van der Waals surface area contributed by atoms with Crippen LogP contribution in [0.15, 0.2) is 0 Å². The van der Waals surface area contributed by atoms with Gasteiger partial charge in [0.2, 0.25) is 0 Å². The number of nitriles is 1. The molecule has 0 saturated carbocycles. The van der Waals surface area contributed by atoms with Crippen LogP contribution in [0.25, 0.3) is 0 Å². The van der Waals surface area contributed by atoms with Gasteiger partial charge < -0.3 is 0 Å². The highest BCUT2D eigenvalue weighted by atomic mass is 35.7. The van der Waals surface area contributed by atoms with E-state index in [0.29, 0.717) is 0 Å². The minimum atomic E-state index is -1.39. The first-order chi connectivity index (χ1) is 3.98. The molecule has 2 nitrogen and oxygen atoms in total. The molecule has 0 aromatic carbocycles. The van der Waals surface area contributed by atoms with E-state index in [2.05, 4.69) is 0 Å². The summed E-state index contributed by atoms with van der Waals surface area (Å²) in [4.78, 5) is 0. The molecule has 0 spiro atoms. The monoisotopic (exact) mass is 165 g/mol. The van der Waals surface area contributed by atoms with E-state index >= 15 is 0 Å². The fourth-order valence-electron chi connectivity index (χ4n) is 0.316. The molecule has 0 amide bonds. The van der Waals surface area contributed by atoms with Gasteiger partial charge in [-0.2, -0.15) is 5.26 Å². The van der Waals surface area contributed by atoms with Crippen molar-refractivity contribution in [3.05, 3.63) is 0 Å². The third-order valence-corrected chi connectivity index (χ3v) is 2.05. The maximum Gasteiger partial charge on any atom is 0.116 e. The summed E-state index contributed by atoms with van der Waals surface area (Å²) in [6.07, 6.45) is 0. The van der Waals surface area contributed by atoms with Gasteiger partial charge in [-0.15, -0.1) is 0 Å². The highest BCUT2D eigenvalue weighted by molar-refractivity contribution is 8.08. The quantitative estimate of drug-likeness (QED) is 0.581. The van der Waals surface area contributed by atoms with Crippen LogP contribution >= 0.6 is 10.7 Å². The summed E-state index contributed by atoms with van der Waals surface area (Å²) < 4.78 is 10.3. The maximum absolute atomic E-state index is 10.3. The van der Waals surface area contributed by atoms with Gasteiger partial charge in [-0.3, -0.25) is 0 Å². The highest BCUT2D eigenvalue weighted by Gasteiger charge is 2.18. The zero-order valence-electron chi connectivity index (χ0n) is 5.35. The Kier molecular flexibility index (Phi) is 3.16. The van der Waals surface area contributed by atoms with E-state index < -0.39 is 15.4 Å². The van der Waals surface area contributed by atoms with Crippen LogP contribution in [-0.4, -0.2) is 9.96 Å². The van der Waals surface area contributed by atoms with Gasteiger partial charge in [0, 0.05) is 0 Å². The number of halogens is 1. The van der Waals surface area contributed by atoms with Crippen LogP contribution in [0.4, 0.5) is 0 Å². The van der Waals surface area contributed by atoms with E-state index in [0.717, 1.165) is 0 Å². The number of nitrogens with zero attached hydrogens (tertiary/aromatic N) is 1. The molecule has 0 heterocycles. The highest BCUT2D eigenvalue weighted by Crippen LogP contribution is 2.15. The van der Waals surface area contributed by atoms with Gasteiger partial charge >= 0.3 is 0 Å². The second-order valence-electron chi connectivity index (χ2n) is 2.43. The van der Waals surface area contributed by atoms with Crippen molar-refractivity contribution in [2.24, 2.45) is 5.41 Å². The van der Waals surface area contributed by atoms with Crippen molar-refractivity contribution >= 4 is 20.7 Å². The summed E-state index contributed by atoms with van der Waals surface area (Å²) in [5.41, 5.74) is -0.563. The Bertz CT molecular complexity index is 161. The van der Waals surface area contributed by atoms with Crippen molar-refractivity contribution in [1.82, 2.24) is 0 Å². The largest absolute Gasteiger partial charge is 0.243 e. The summed E-state index contributed by atoms with van der Waals surface area (Å²) in [5.74, 6) is 0.227. The second-order valence-corrected chi connectivity index (χ2v) is 4.33. The fourth-order valence-corrected chi connectivity index (χ4v) is 1.77. The van der Waals surface area contributed by atoms with Gasteiger partial charge in [-0.05, 0) is 24.5 Å². The van der Waals surface area contributed by atoms with E-state index in [-0.39, 0.29) is 5.75 Å². The third kappa shape index (κ3) is 4.43. The van der Waals surface area contributed by atoms with Crippen molar-refractivity contribution in [1.29, 1.82) is 5.26 Å². The fraction of sp³-hybridized carbons (Fsp3) is 0.800. The van der Waals surface area contributed by atoms with Crippen LogP contribution in [0.5, 0.6) is 0 Å². The SMILES string of the molecule is CC(C)(C#N)CS(=O)Cl. The zero-order chi connectivity index (χ0) is 7.49. The summed E-state index contributed by atoms with van der Waals surface area (Å²) >= 11 is 0. The Morgan fingerprint density at radius 2 is 2.22 bits per heavy atom. The number of rotatable bonds is 2. The Balaban J connectivity index is 3.91. The maximum atomic E-state index is 10.3. The van der Waals surface area contributed by atoms with Crippen LogP contribution in [-0.2, 0) is 10.0 Å². The van der Waals surface area contributed by atoms with Crippen LogP contribution in [0.3, 0.4) is 0 Å². The summed E-state index contributed by atoms with van der Waals surface area (Å²) in [6, 6.07) is 2.00. The van der Waals surface area contributed by atoms with E-state index in [4.69, 9.17) is 15.9 Å². The molecule has 0 aromatic heterocycles. The molecule has 0 fully saturated rings. The molecule has 1 atom stereocenters. The van der Waals surface area contributed by atoms with E-state index in [9.17, 15) is 4.21 Å². The van der Waals surface area contributed by atoms with Crippen molar-refractivity contribution < 1.29 is 4.21 Å². The average Bonchev–Trinajstić information content (AvgIpc) is 1.63. The first-order valence-corrected chi connectivity index (χ1v) is 4.58. The van der Waals surface area contributed by atoms with Crippen molar-refractivity contribution in [2.75, 3.05) is 5.75 Å². The molecule has 0 aromatic rings. The number of hydrogen-bond donors (Lipinski definition) is 0. The van der Waals surface area contributed by atoms with Crippen molar-refractivity contribution in [2.45, 2.75) is 13.8 Å². The van der Waals surface area contributed by atoms with Crippen LogP contribution in [0.2, 0.25) is 0 Å². The van der Waals surface area contributed by atoms with E-state index in [1.807, 2.05) is 6.07 Å². The standard InChI is InChI=1S/C5H8ClNOS/c1-5(2,3-7)4-9(6)8/h4H2,1-2H3. The van der Waals surface area contributed by atoms with Gasteiger partial charge in [0.15, 0.2) is 0 Å². The first-order valence-electron chi connectivity index (χ1n) is 2.44. The predicted molar refractivity (Wildman–Crippen MR) is 38.3 cm³/mol. The molecular formula is C5H8ClNOS. The van der Waals surface area contributed by atoms with E-state index in [1.165, 1.54) is 0 Å². The molecule has 1 unspecified atom stereocenters. The first kappa shape index (κ1) is 8.93. The lowest BCUT2D eigenvalue weighted by molar-refractivity contribution is 0.564. The van der Waals surface area contributed by atoms with Gasteiger partial charge in [-0.25, -0.2) is 4.21 Å². The topological polar surface area (TPSA) is 40.9 Å². The Hall–Kier alpha value is -0.0700. The molecule has 4 heteroatoms. The molecule has 0 saturated heterocycles. The molecule has 0 rings (SSSR count). The predicted octanol–water partition coefficient (Wildman–Crippen LogP) is 1.44. The van der Waals surface area contributed by atoms with Gasteiger partial charge in [0.1, 0.15) is 10.0 Å². The third-order valence-electron chi connectivity index (χ3n) is 0.777. The molecule has 0 N–H and O–H groups in total. The summed E-state index contributed by atoms with van der Waals surface area (Å²) in [6.45, 7) is 3.40. The lowest BCUT2D eigenvalue weighted by Gasteiger charge is -2.09. The summed E-state index contributed by atoms with van der Waals surface area (Å²) in [5, 5.41) is 8.40. The van der Waals surface area contributed by atoms with E-state index in [1.54, 1.807) is 13.8 Å². The summed E-state index contributed by atoms with van der Waals surface area (Å²) in [7, 11) is 3.78. The number of hydrogen-bond acceptors (Lipinski definition) is 2. The van der Waals surface area contributed by atoms with Crippen LogP contribution in [0.1, 0.15) is 13.8 Å². The normalized spacial score (nSPS) is 14.4. The van der Waals surface area contributed by atoms with Crippen LogP contribution in [0, 0.1) is 16.7 Å². The lowest BCUT2D eigenvalue weighted by atomic mass is 10.00. The Morgan fingerprint density at radius 1 is 1.78 bits per heavy atom. The molecule has 9 heavy (non-hydrogen) atoms. The lowest BCUT2D eigenvalue weighted by Crippen LogP contribution is -2.15. The molecule has 0 aliphatic rings. The minimum absolute atomic E-state index is 0.227. The zero-order valence-corrected chi connectivity index (χ0v) is 6.92.